The summed E-state index contributed by atoms with van der Waals surface area (Å²) in [6.45, 7) is 3.44. The van der Waals surface area contributed by atoms with E-state index in [2.05, 4.69) is 26.9 Å². The number of nitrogens with one attached hydrogen (secondary N) is 1. The SMILES string of the molecule is CC1CCN(c2ncnc(Nc3ccc(OC(F)(F)F)cc3)c2[N+](=O)[O-])CC1. The molecule has 2 heterocycles. The summed E-state index contributed by atoms with van der Waals surface area (Å²) in [7, 11) is 0. The van der Waals surface area contributed by atoms with E-state index in [1.807, 2.05) is 4.90 Å². The predicted molar refractivity (Wildman–Crippen MR) is 95.7 cm³/mol. The van der Waals surface area contributed by atoms with Crippen molar-refractivity contribution in [2.24, 2.45) is 5.92 Å². The summed E-state index contributed by atoms with van der Waals surface area (Å²) >= 11 is 0. The molecule has 28 heavy (non-hydrogen) atoms. The second-order valence-electron chi connectivity index (χ2n) is 6.52. The first-order chi connectivity index (χ1) is 13.2. The highest BCUT2D eigenvalue weighted by atomic mass is 19.4. The fraction of sp³-hybridized carbons (Fsp3) is 0.412. The van der Waals surface area contributed by atoms with E-state index < -0.39 is 17.0 Å². The Bertz CT molecular complexity index is 837. The number of anilines is 3. The van der Waals surface area contributed by atoms with Gasteiger partial charge in [0.05, 0.1) is 4.92 Å². The van der Waals surface area contributed by atoms with E-state index in [-0.39, 0.29) is 17.3 Å². The summed E-state index contributed by atoms with van der Waals surface area (Å²) in [5.41, 5.74) is 0.0576. The Hall–Kier alpha value is -3.11. The lowest BCUT2D eigenvalue weighted by Gasteiger charge is -2.30. The first kappa shape index (κ1) is 19.6. The van der Waals surface area contributed by atoms with Gasteiger partial charge >= 0.3 is 12.0 Å². The van der Waals surface area contributed by atoms with Crippen molar-refractivity contribution in [3.63, 3.8) is 0 Å². The molecule has 1 aromatic heterocycles. The Balaban J connectivity index is 1.84. The van der Waals surface area contributed by atoms with Crippen LogP contribution in [0.4, 0.5) is 36.2 Å². The minimum atomic E-state index is -4.79. The van der Waals surface area contributed by atoms with Gasteiger partial charge in [0.15, 0.2) is 0 Å². The fourth-order valence-corrected chi connectivity index (χ4v) is 2.96. The molecule has 11 heteroatoms. The van der Waals surface area contributed by atoms with Gasteiger partial charge < -0.3 is 15.0 Å². The zero-order chi connectivity index (χ0) is 20.3. The summed E-state index contributed by atoms with van der Waals surface area (Å²) in [6, 6.07) is 4.84. The van der Waals surface area contributed by atoms with E-state index in [1.165, 1.54) is 18.5 Å². The molecule has 0 saturated carbocycles. The number of rotatable bonds is 5. The molecule has 1 aliphatic heterocycles. The molecular formula is C17H18F3N5O3. The molecule has 0 atom stereocenters. The number of alkyl halides is 3. The van der Waals surface area contributed by atoms with E-state index in [9.17, 15) is 23.3 Å². The van der Waals surface area contributed by atoms with Gasteiger partial charge in [-0.15, -0.1) is 13.2 Å². The molecule has 0 unspecified atom stereocenters. The third kappa shape index (κ3) is 4.78. The van der Waals surface area contributed by atoms with Crippen LogP contribution in [0.5, 0.6) is 5.75 Å². The third-order valence-electron chi connectivity index (χ3n) is 4.42. The molecule has 1 N–H and O–H groups in total. The van der Waals surface area contributed by atoms with Crippen molar-refractivity contribution in [3.8, 4) is 5.75 Å². The quantitative estimate of drug-likeness (QED) is 0.595. The highest BCUT2D eigenvalue weighted by molar-refractivity contribution is 5.74. The van der Waals surface area contributed by atoms with Crippen LogP contribution in [0.2, 0.25) is 0 Å². The van der Waals surface area contributed by atoms with E-state index in [0.29, 0.717) is 24.7 Å². The van der Waals surface area contributed by atoms with Crippen molar-refractivity contribution in [2.75, 3.05) is 23.3 Å². The van der Waals surface area contributed by atoms with Crippen molar-refractivity contribution >= 4 is 23.0 Å². The Labute approximate surface area is 158 Å². The number of halogens is 3. The number of hydrogen-bond donors (Lipinski definition) is 1. The summed E-state index contributed by atoms with van der Waals surface area (Å²) in [5.74, 6) is 0.357. The van der Waals surface area contributed by atoms with Gasteiger partial charge in [0.1, 0.15) is 12.1 Å². The number of nitro groups is 1. The van der Waals surface area contributed by atoms with Crippen LogP contribution in [0.15, 0.2) is 30.6 Å². The largest absolute Gasteiger partial charge is 0.573 e. The zero-order valence-corrected chi connectivity index (χ0v) is 14.9. The normalized spacial score (nSPS) is 15.4. The van der Waals surface area contributed by atoms with E-state index in [1.54, 1.807) is 0 Å². The fourth-order valence-electron chi connectivity index (χ4n) is 2.96. The highest BCUT2D eigenvalue weighted by Crippen LogP contribution is 2.35. The van der Waals surface area contributed by atoms with Crippen molar-refractivity contribution < 1.29 is 22.8 Å². The van der Waals surface area contributed by atoms with Crippen molar-refractivity contribution in [1.82, 2.24) is 9.97 Å². The number of aromatic nitrogens is 2. The number of piperidine rings is 1. The number of nitrogens with zero attached hydrogens (tertiary/aromatic N) is 4. The molecule has 8 nitrogen and oxygen atoms in total. The van der Waals surface area contributed by atoms with Crippen LogP contribution < -0.4 is 15.0 Å². The molecule has 1 fully saturated rings. The van der Waals surface area contributed by atoms with Crippen molar-refractivity contribution in [1.29, 1.82) is 0 Å². The minimum absolute atomic E-state index is 0.0295. The molecule has 0 aliphatic carbocycles. The van der Waals surface area contributed by atoms with Gasteiger partial charge in [-0.05, 0) is 43.0 Å². The molecule has 0 radical (unpaired) electrons. The Morgan fingerprint density at radius 1 is 1.21 bits per heavy atom. The average molecular weight is 397 g/mol. The smallest absolute Gasteiger partial charge is 0.406 e. The van der Waals surface area contributed by atoms with Crippen LogP contribution >= 0.6 is 0 Å². The standard InChI is InChI=1S/C17H18F3N5O3/c1-11-6-8-24(9-7-11)16-14(25(26)27)15(21-10-22-16)23-12-2-4-13(5-3-12)28-17(18,19)20/h2-5,10-11H,6-9H2,1H3,(H,21,22,23). The maximum Gasteiger partial charge on any atom is 0.573 e. The predicted octanol–water partition coefficient (Wildman–Crippen LogP) is 4.26. The van der Waals surface area contributed by atoms with E-state index in [4.69, 9.17) is 0 Å². The molecule has 2 aromatic rings. The van der Waals surface area contributed by atoms with Crippen LogP contribution in [0.1, 0.15) is 19.8 Å². The maximum absolute atomic E-state index is 12.2. The van der Waals surface area contributed by atoms with Gasteiger partial charge in [0.25, 0.3) is 0 Å². The molecule has 1 saturated heterocycles. The van der Waals surface area contributed by atoms with E-state index >= 15 is 0 Å². The molecular weight excluding hydrogens is 379 g/mol. The van der Waals surface area contributed by atoms with Crippen molar-refractivity contribution in [3.05, 3.63) is 40.7 Å². The van der Waals surface area contributed by atoms with Crippen LogP contribution in [0.25, 0.3) is 0 Å². The molecule has 1 aromatic carbocycles. The Morgan fingerprint density at radius 3 is 2.43 bits per heavy atom. The van der Waals surface area contributed by atoms with Crippen LogP contribution in [0, 0.1) is 16.0 Å². The second-order valence-corrected chi connectivity index (χ2v) is 6.52. The van der Waals surface area contributed by atoms with Gasteiger partial charge in [0, 0.05) is 18.8 Å². The Kier molecular flexibility index (Phi) is 5.52. The third-order valence-corrected chi connectivity index (χ3v) is 4.42. The van der Waals surface area contributed by atoms with Gasteiger partial charge in [0.2, 0.25) is 11.6 Å². The molecule has 0 amide bonds. The number of ether oxygens (including phenoxy) is 1. The summed E-state index contributed by atoms with van der Waals surface area (Å²) in [5, 5.41) is 14.4. The van der Waals surface area contributed by atoms with Gasteiger partial charge in [-0.25, -0.2) is 9.97 Å². The Morgan fingerprint density at radius 2 is 1.86 bits per heavy atom. The van der Waals surface area contributed by atoms with Crippen LogP contribution in [-0.2, 0) is 0 Å². The molecule has 0 bridgehead atoms. The minimum Gasteiger partial charge on any atom is -0.406 e. The topological polar surface area (TPSA) is 93.4 Å². The number of hydrogen-bond acceptors (Lipinski definition) is 7. The molecule has 1 aliphatic rings. The lowest BCUT2D eigenvalue weighted by molar-refractivity contribution is -0.383. The van der Waals surface area contributed by atoms with Gasteiger partial charge in [-0.2, -0.15) is 0 Å². The van der Waals surface area contributed by atoms with Gasteiger partial charge in [-0.1, -0.05) is 6.92 Å². The monoisotopic (exact) mass is 397 g/mol. The summed E-state index contributed by atoms with van der Waals surface area (Å²) < 4.78 is 40.5. The molecule has 3 rings (SSSR count). The maximum atomic E-state index is 12.2. The summed E-state index contributed by atoms with van der Waals surface area (Å²) in [4.78, 5) is 21.0. The van der Waals surface area contributed by atoms with Crippen LogP contribution in [0.3, 0.4) is 0 Å². The summed E-state index contributed by atoms with van der Waals surface area (Å²) in [6.07, 6.45) is -1.75. The average Bonchev–Trinajstić information content (AvgIpc) is 2.62. The lowest BCUT2D eigenvalue weighted by atomic mass is 9.99. The molecule has 0 spiro atoms. The molecule has 150 valence electrons. The number of benzene rings is 1. The highest BCUT2D eigenvalue weighted by Gasteiger charge is 2.31. The van der Waals surface area contributed by atoms with Crippen molar-refractivity contribution in [2.45, 2.75) is 26.1 Å². The first-order valence-corrected chi connectivity index (χ1v) is 8.60. The lowest BCUT2D eigenvalue weighted by Crippen LogP contribution is -2.34. The van der Waals surface area contributed by atoms with Crippen LogP contribution in [-0.4, -0.2) is 34.3 Å². The second kappa shape index (κ2) is 7.87. The van der Waals surface area contributed by atoms with E-state index in [0.717, 1.165) is 25.0 Å². The first-order valence-electron chi connectivity index (χ1n) is 8.60. The van der Waals surface area contributed by atoms with Gasteiger partial charge in [-0.3, -0.25) is 10.1 Å². The zero-order valence-electron chi connectivity index (χ0n) is 14.9.